The predicted octanol–water partition coefficient (Wildman–Crippen LogP) is 0.184. The highest BCUT2D eigenvalue weighted by Crippen LogP contribution is 2.13. The largest absolute Gasteiger partial charge is 0.347 e. The van der Waals surface area contributed by atoms with Crippen LogP contribution in [0.4, 0.5) is 0 Å². The van der Waals surface area contributed by atoms with Gasteiger partial charge >= 0.3 is 0 Å². The minimum atomic E-state index is -3.01. The number of sulfone groups is 1. The fourth-order valence-corrected chi connectivity index (χ4v) is 3.96. The first kappa shape index (κ1) is 13.7. The molecule has 0 saturated carbocycles. The zero-order chi connectivity index (χ0) is 14.9. The van der Waals surface area contributed by atoms with Crippen molar-refractivity contribution in [1.82, 2.24) is 19.9 Å². The first-order valence-electron chi connectivity index (χ1n) is 6.49. The number of carbonyl (C=O) groups is 1. The van der Waals surface area contributed by atoms with Crippen LogP contribution in [0, 0.1) is 0 Å². The van der Waals surface area contributed by atoms with E-state index < -0.39 is 9.84 Å². The number of hydrogen-bond donors (Lipinski definition) is 1. The normalized spacial score (nSPS) is 20.3. The van der Waals surface area contributed by atoms with E-state index in [0.717, 1.165) is 5.69 Å². The molecule has 3 heterocycles. The molecule has 21 heavy (non-hydrogen) atoms. The van der Waals surface area contributed by atoms with Gasteiger partial charge in [-0.2, -0.15) is 0 Å². The fourth-order valence-electron chi connectivity index (χ4n) is 2.28. The molecule has 0 bridgehead atoms. The standard InChI is InChI=1S/C13H14N4O3S/c18-13(16-10-2-6-21(19,20)8-10)12-7-11(1-3-15-12)17-5-4-14-9-17/h1,3-5,7,9-10H,2,6,8H2,(H,16,18). The van der Waals surface area contributed by atoms with Crippen molar-refractivity contribution in [2.24, 2.45) is 0 Å². The third-order valence-corrected chi connectivity index (χ3v) is 5.11. The van der Waals surface area contributed by atoms with E-state index in [0.29, 0.717) is 6.42 Å². The molecular formula is C13H14N4O3S. The molecule has 0 aliphatic carbocycles. The summed E-state index contributed by atoms with van der Waals surface area (Å²) in [5.41, 5.74) is 1.03. The van der Waals surface area contributed by atoms with Gasteiger partial charge in [-0.05, 0) is 18.6 Å². The number of hydrogen-bond acceptors (Lipinski definition) is 5. The third kappa shape index (κ3) is 3.10. The summed E-state index contributed by atoms with van der Waals surface area (Å²) < 4.78 is 24.5. The van der Waals surface area contributed by atoms with Crippen LogP contribution in [-0.4, -0.2) is 46.4 Å². The van der Waals surface area contributed by atoms with Gasteiger partial charge in [-0.1, -0.05) is 0 Å². The maximum Gasteiger partial charge on any atom is 0.270 e. The van der Waals surface area contributed by atoms with Gasteiger partial charge in [0.25, 0.3) is 5.91 Å². The summed E-state index contributed by atoms with van der Waals surface area (Å²) in [4.78, 5) is 20.1. The number of carbonyl (C=O) groups excluding carboxylic acids is 1. The molecule has 1 aliphatic heterocycles. The Labute approximate surface area is 122 Å². The Bertz CT molecular complexity index is 755. The van der Waals surface area contributed by atoms with Crippen molar-refractivity contribution in [2.75, 3.05) is 11.5 Å². The molecule has 1 unspecified atom stereocenters. The van der Waals surface area contributed by atoms with Crippen LogP contribution in [0.15, 0.2) is 37.1 Å². The predicted molar refractivity (Wildman–Crippen MR) is 75.9 cm³/mol. The number of imidazole rings is 1. The van der Waals surface area contributed by atoms with Gasteiger partial charge in [0, 0.05) is 24.6 Å². The second-order valence-electron chi connectivity index (χ2n) is 4.94. The lowest BCUT2D eigenvalue weighted by atomic mass is 10.2. The Hall–Kier alpha value is -2.22. The van der Waals surface area contributed by atoms with E-state index in [1.54, 1.807) is 35.4 Å². The molecule has 3 rings (SSSR count). The quantitative estimate of drug-likeness (QED) is 0.873. The van der Waals surface area contributed by atoms with Crippen LogP contribution in [0.1, 0.15) is 16.9 Å². The topological polar surface area (TPSA) is 94.0 Å². The average molecular weight is 306 g/mol. The van der Waals surface area contributed by atoms with Crippen LogP contribution in [0.2, 0.25) is 0 Å². The third-order valence-electron chi connectivity index (χ3n) is 3.35. The van der Waals surface area contributed by atoms with Crippen molar-refractivity contribution in [1.29, 1.82) is 0 Å². The van der Waals surface area contributed by atoms with Crippen LogP contribution >= 0.6 is 0 Å². The fraction of sp³-hybridized carbons (Fsp3) is 0.308. The number of pyridine rings is 1. The van der Waals surface area contributed by atoms with Crippen molar-refractivity contribution >= 4 is 15.7 Å². The zero-order valence-electron chi connectivity index (χ0n) is 11.1. The second-order valence-corrected chi connectivity index (χ2v) is 7.17. The van der Waals surface area contributed by atoms with Crippen molar-refractivity contribution in [3.8, 4) is 5.69 Å². The minimum absolute atomic E-state index is 0.0000483. The lowest BCUT2D eigenvalue weighted by molar-refractivity contribution is 0.0936. The highest BCUT2D eigenvalue weighted by Gasteiger charge is 2.29. The van der Waals surface area contributed by atoms with Crippen molar-refractivity contribution in [3.63, 3.8) is 0 Å². The summed E-state index contributed by atoms with van der Waals surface area (Å²) in [7, 11) is -3.01. The first-order chi connectivity index (χ1) is 10.0. The molecule has 2 aromatic heterocycles. The van der Waals surface area contributed by atoms with Crippen molar-refractivity contribution < 1.29 is 13.2 Å². The lowest BCUT2D eigenvalue weighted by Crippen LogP contribution is -2.36. The summed E-state index contributed by atoms with van der Waals surface area (Å²) in [6.07, 6.45) is 7.02. The SMILES string of the molecule is O=C(NC1CCS(=O)(=O)C1)c1cc(-n2ccnc2)ccn1. The number of amides is 1. The average Bonchev–Trinajstić information content (AvgIpc) is 3.09. The molecular weight excluding hydrogens is 292 g/mol. The maximum absolute atomic E-state index is 12.1. The summed E-state index contributed by atoms with van der Waals surface area (Å²) in [5, 5.41) is 2.72. The molecule has 110 valence electrons. The maximum atomic E-state index is 12.1. The van der Waals surface area contributed by atoms with Gasteiger partial charge in [-0.3, -0.25) is 9.78 Å². The molecule has 7 nitrogen and oxygen atoms in total. The van der Waals surface area contributed by atoms with Gasteiger partial charge in [-0.25, -0.2) is 13.4 Å². The molecule has 1 fully saturated rings. The van der Waals surface area contributed by atoms with E-state index in [-0.39, 0.29) is 29.1 Å². The van der Waals surface area contributed by atoms with E-state index in [9.17, 15) is 13.2 Å². The number of rotatable bonds is 3. The Kier molecular flexibility index (Phi) is 3.46. The highest BCUT2D eigenvalue weighted by molar-refractivity contribution is 7.91. The van der Waals surface area contributed by atoms with Gasteiger partial charge in [0.2, 0.25) is 0 Å². The smallest absolute Gasteiger partial charge is 0.270 e. The van der Waals surface area contributed by atoms with E-state index in [1.807, 2.05) is 0 Å². The zero-order valence-corrected chi connectivity index (χ0v) is 12.0. The number of nitrogens with zero attached hydrogens (tertiary/aromatic N) is 3. The molecule has 2 aromatic rings. The van der Waals surface area contributed by atoms with E-state index in [4.69, 9.17) is 0 Å². The molecule has 1 aliphatic rings. The second kappa shape index (κ2) is 5.28. The minimum Gasteiger partial charge on any atom is -0.347 e. The van der Waals surface area contributed by atoms with Crippen LogP contribution in [0.3, 0.4) is 0 Å². The molecule has 0 spiro atoms. The molecule has 1 atom stereocenters. The van der Waals surface area contributed by atoms with E-state index >= 15 is 0 Å². The molecule has 0 radical (unpaired) electrons. The van der Waals surface area contributed by atoms with Gasteiger partial charge in [-0.15, -0.1) is 0 Å². The summed E-state index contributed by atoms with van der Waals surface area (Å²) in [6.45, 7) is 0. The monoisotopic (exact) mass is 306 g/mol. The molecule has 8 heteroatoms. The van der Waals surface area contributed by atoms with Crippen LogP contribution in [-0.2, 0) is 9.84 Å². The van der Waals surface area contributed by atoms with Gasteiger partial charge in [0.15, 0.2) is 9.84 Å². The van der Waals surface area contributed by atoms with Gasteiger partial charge < -0.3 is 9.88 Å². The molecule has 1 saturated heterocycles. The molecule has 0 aromatic carbocycles. The Morgan fingerprint density at radius 1 is 1.38 bits per heavy atom. The Morgan fingerprint density at radius 2 is 2.24 bits per heavy atom. The molecule has 1 amide bonds. The lowest BCUT2D eigenvalue weighted by Gasteiger charge is -2.11. The first-order valence-corrected chi connectivity index (χ1v) is 8.31. The van der Waals surface area contributed by atoms with Gasteiger partial charge in [0.1, 0.15) is 5.69 Å². The summed E-state index contributed by atoms with van der Waals surface area (Å²) >= 11 is 0. The summed E-state index contributed by atoms with van der Waals surface area (Å²) in [6, 6.07) is 3.07. The van der Waals surface area contributed by atoms with E-state index in [1.165, 1.54) is 6.20 Å². The van der Waals surface area contributed by atoms with Crippen molar-refractivity contribution in [2.45, 2.75) is 12.5 Å². The van der Waals surface area contributed by atoms with Crippen LogP contribution < -0.4 is 5.32 Å². The van der Waals surface area contributed by atoms with Crippen molar-refractivity contribution in [3.05, 3.63) is 42.7 Å². The van der Waals surface area contributed by atoms with Crippen LogP contribution in [0.25, 0.3) is 5.69 Å². The Morgan fingerprint density at radius 3 is 2.90 bits per heavy atom. The molecule has 1 N–H and O–H groups in total. The van der Waals surface area contributed by atoms with Gasteiger partial charge in [0.05, 0.1) is 23.5 Å². The number of nitrogens with one attached hydrogen (secondary N) is 1. The highest BCUT2D eigenvalue weighted by atomic mass is 32.2. The number of aromatic nitrogens is 3. The summed E-state index contributed by atoms with van der Waals surface area (Å²) in [5.74, 6) is -0.237. The van der Waals surface area contributed by atoms with Crippen LogP contribution in [0.5, 0.6) is 0 Å². The van der Waals surface area contributed by atoms with E-state index in [2.05, 4.69) is 15.3 Å². The Balaban J connectivity index is 1.75.